The molecule has 1 aliphatic rings. The number of rotatable bonds is 5. The first-order valence-corrected chi connectivity index (χ1v) is 13.2. The summed E-state index contributed by atoms with van der Waals surface area (Å²) >= 11 is 18.6. The Morgan fingerprint density at radius 2 is 1.79 bits per heavy atom. The van der Waals surface area contributed by atoms with Crippen LogP contribution in [0.4, 0.5) is 18.0 Å². The predicted octanol–water partition coefficient (Wildman–Crippen LogP) is 7.84. The zero-order chi connectivity index (χ0) is 27.7. The van der Waals surface area contributed by atoms with E-state index < -0.39 is 11.7 Å². The van der Waals surface area contributed by atoms with E-state index in [-0.39, 0.29) is 12.6 Å². The molecule has 1 amide bonds. The first-order chi connectivity index (χ1) is 18.6. The van der Waals surface area contributed by atoms with E-state index in [1.807, 2.05) is 6.08 Å². The molecule has 2 aromatic carbocycles. The number of carbonyl (C=O) groups excluding carboxylic acids is 1. The third-order valence-electron chi connectivity index (χ3n) is 6.62. The van der Waals surface area contributed by atoms with E-state index in [2.05, 4.69) is 15.2 Å². The SMILES string of the molecule is O=C(NCc1ccnc(Cl)c1)n1c2c(c3cc(Cl)c(Cl)cc31)CN(C/C=C/c1ccc(C(F)(F)F)cc1)CC2. The summed E-state index contributed by atoms with van der Waals surface area (Å²) in [7, 11) is 0. The third-order valence-corrected chi connectivity index (χ3v) is 7.55. The molecule has 11 heteroatoms. The molecule has 0 radical (unpaired) electrons. The lowest BCUT2D eigenvalue weighted by Crippen LogP contribution is -2.34. The van der Waals surface area contributed by atoms with Gasteiger partial charge in [0.15, 0.2) is 0 Å². The molecule has 3 heterocycles. The van der Waals surface area contributed by atoms with Crippen LogP contribution in [0.2, 0.25) is 15.2 Å². The Bertz CT molecular complexity index is 1570. The molecule has 39 heavy (non-hydrogen) atoms. The fourth-order valence-corrected chi connectivity index (χ4v) is 5.24. The Morgan fingerprint density at radius 1 is 1.05 bits per heavy atom. The molecule has 0 saturated heterocycles. The van der Waals surface area contributed by atoms with Crippen LogP contribution in [0.3, 0.4) is 0 Å². The highest BCUT2D eigenvalue weighted by molar-refractivity contribution is 6.42. The minimum atomic E-state index is -4.36. The van der Waals surface area contributed by atoms with Crippen LogP contribution < -0.4 is 5.32 Å². The Balaban J connectivity index is 1.35. The number of halogens is 6. The van der Waals surface area contributed by atoms with Crippen molar-refractivity contribution in [1.82, 2.24) is 19.8 Å². The maximum Gasteiger partial charge on any atom is 0.416 e. The number of hydrogen-bond acceptors (Lipinski definition) is 3. The zero-order valence-electron chi connectivity index (χ0n) is 20.4. The van der Waals surface area contributed by atoms with Gasteiger partial charge in [0.25, 0.3) is 0 Å². The van der Waals surface area contributed by atoms with Gasteiger partial charge in [-0.15, -0.1) is 0 Å². The first kappa shape index (κ1) is 27.5. The summed E-state index contributed by atoms with van der Waals surface area (Å²) in [5.74, 6) is 0. The van der Waals surface area contributed by atoms with Gasteiger partial charge in [-0.05, 0) is 53.1 Å². The number of nitrogens with zero attached hydrogens (tertiary/aromatic N) is 3. The second-order valence-corrected chi connectivity index (χ2v) is 10.4. The van der Waals surface area contributed by atoms with E-state index in [9.17, 15) is 18.0 Å². The van der Waals surface area contributed by atoms with Crippen LogP contribution in [-0.4, -0.2) is 33.6 Å². The fraction of sp³-hybridized carbons (Fsp3) is 0.214. The maximum absolute atomic E-state index is 13.4. The van der Waals surface area contributed by atoms with Gasteiger partial charge in [-0.3, -0.25) is 9.47 Å². The molecule has 1 N–H and O–H groups in total. The molecule has 1 aliphatic heterocycles. The molecule has 0 unspecified atom stereocenters. The summed E-state index contributed by atoms with van der Waals surface area (Å²) in [5.41, 5.74) is 3.37. The van der Waals surface area contributed by atoms with Gasteiger partial charge in [0.2, 0.25) is 0 Å². The highest BCUT2D eigenvalue weighted by Gasteiger charge is 2.30. The van der Waals surface area contributed by atoms with Crippen molar-refractivity contribution in [2.24, 2.45) is 0 Å². The van der Waals surface area contributed by atoms with Gasteiger partial charge in [0.1, 0.15) is 5.15 Å². The van der Waals surface area contributed by atoms with Crippen molar-refractivity contribution in [3.63, 3.8) is 0 Å². The Morgan fingerprint density at radius 3 is 2.51 bits per heavy atom. The lowest BCUT2D eigenvalue weighted by molar-refractivity contribution is -0.137. The molecule has 0 atom stereocenters. The normalized spacial score (nSPS) is 14.2. The molecule has 2 aromatic heterocycles. The summed E-state index contributed by atoms with van der Waals surface area (Å²) in [6.45, 7) is 2.12. The smallest absolute Gasteiger partial charge is 0.333 e. The summed E-state index contributed by atoms with van der Waals surface area (Å²) < 4.78 is 40.1. The molecule has 0 fully saturated rings. The van der Waals surface area contributed by atoms with Crippen molar-refractivity contribution in [2.45, 2.75) is 25.7 Å². The van der Waals surface area contributed by atoms with Crippen molar-refractivity contribution >= 4 is 57.8 Å². The van der Waals surface area contributed by atoms with E-state index in [1.165, 1.54) is 12.1 Å². The molecule has 4 aromatic rings. The zero-order valence-corrected chi connectivity index (χ0v) is 22.7. The van der Waals surface area contributed by atoms with Gasteiger partial charge in [-0.2, -0.15) is 13.2 Å². The highest BCUT2D eigenvalue weighted by atomic mass is 35.5. The van der Waals surface area contributed by atoms with Crippen LogP contribution in [0.25, 0.3) is 17.0 Å². The average molecular weight is 594 g/mol. The lowest BCUT2D eigenvalue weighted by Gasteiger charge is -2.27. The summed E-state index contributed by atoms with van der Waals surface area (Å²) in [6.07, 6.45) is 1.56. The van der Waals surface area contributed by atoms with Crippen LogP contribution in [0.15, 0.2) is 60.8 Å². The average Bonchev–Trinajstić information content (AvgIpc) is 3.20. The number of amides is 1. The number of hydrogen-bond donors (Lipinski definition) is 1. The number of nitrogens with one attached hydrogen (secondary N) is 1. The highest BCUT2D eigenvalue weighted by Crippen LogP contribution is 2.36. The van der Waals surface area contributed by atoms with Crippen LogP contribution in [0.1, 0.15) is 27.9 Å². The first-order valence-electron chi connectivity index (χ1n) is 12.1. The number of fused-ring (bicyclic) bond motifs is 3. The maximum atomic E-state index is 13.4. The van der Waals surface area contributed by atoms with Gasteiger partial charge >= 0.3 is 12.2 Å². The summed E-state index contributed by atoms with van der Waals surface area (Å²) in [6, 6.07) is 11.7. The molecule has 5 rings (SSSR count). The van der Waals surface area contributed by atoms with Crippen molar-refractivity contribution < 1.29 is 18.0 Å². The Kier molecular flexibility index (Phi) is 7.91. The van der Waals surface area contributed by atoms with Gasteiger partial charge in [0, 0.05) is 49.9 Å². The Labute approximate surface area is 237 Å². The molecule has 0 aliphatic carbocycles. The van der Waals surface area contributed by atoms with E-state index >= 15 is 0 Å². The van der Waals surface area contributed by atoms with Crippen molar-refractivity contribution in [1.29, 1.82) is 0 Å². The molecular weight excluding hydrogens is 572 g/mol. The molecular formula is C28H22Cl3F3N4O. The number of benzene rings is 2. The minimum absolute atomic E-state index is 0.276. The number of alkyl halides is 3. The van der Waals surface area contributed by atoms with Gasteiger partial charge in [-0.25, -0.2) is 9.78 Å². The largest absolute Gasteiger partial charge is 0.416 e. The quantitative estimate of drug-likeness (QED) is 0.240. The number of carbonyl (C=O) groups is 1. The number of pyridine rings is 1. The fourth-order valence-electron chi connectivity index (χ4n) is 4.72. The Hall–Kier alpha value is -3.04. The topological polar surface area (TPSA) is 50.2 Å². The van der Waals surface area contributed by atoms with Crippen LogP contribution in [-0.2, 0) is 25.7 Å². The van der Waals surface area contributed by atoms with Gasteiger partial charge < -0.3 is 5.32 Å². The van der Waals surface area contributed by atoms with E-state index in [0.717, 1.165) is 34.3 Å². The second-order valence-electron chi connectivity index (χ2n) is 9.20. The standard InChI is InChI=1S/C28H22Cl3F3N4O/c29-22-13-20-21-16-37(10-1-2-17-3-5-19(6-4-17)28(32,33)34)11-8-24(21)38(25(20)14-23(22)30)27(39)36-15-18-7-9-35-26(31)12-18/h1-7,9,12-14H,8,10-11,15-16H2,(H,36,39)/b2-1+. The van der Waals surface area contributed by atoms with Gasteiger partial charge in [-0.1, -0.05) is 59.1 Å². The van der Waals surface area contributed by atoms with E-state index in [0.29, 0.717) is 52.3 Å². The van der Waals surface area contributed by atoms with Gasteiger partial charge in [0.05, 0.1) is 21.1 Å². The van der Waals surface area contributed by atoms with E-state index in [1.54, 1.807) is 41.1 Å². The summed E-state index contributed by atoms with van der Waals surface area (Å²) in [4.78, 5) is 19.5. The summed E-state index contributed by atoms with van der Waals surface area (Å²) in [5, 5.41) is 4.89. The molecule has 0 saturated carbocycles. The second kappa shape index (κ2) is 11.2. The minimum Gasteiger partial charge on any atom is -0.333 e. The van der Waals surface area contributed by atoms with Crippen LogP contribution >= 0.6 is 34.8 Å². The molecule has 0 bridgehead atoms. The third kappa shape index (κ3) is 6.09. The van der Waals surface area contributed by atoms with Crippen molar-refractivity contribution in [2.75, 3.05) is 13.1 Å². The predicted molar refractivity (Wildman–Crippen MR) is 148 cm³/mol. The monoisotopic (exact) mass is 592 g/mol. The number of aromatic nitrogens is 2. The van der Waals surface area contributed by atoms with Crippen molar-refractivity contribution in [3.05, 3.63) is 104 Å². The lowest BCUT2D eigenvalue weighted by atomic mass is 10.0. The molecule has 5 nitrogen and oxygen atoms in total. The van der Waals surface area contributed by atoms with Crippen LogP contribution in [0, 0.1) is 0 Å². The van der Waals surface area contributed by atoms with E-state index in [4.69, 9.17) is 34.8 Å². The van der Waals surface area contributed by atoms with Crippen LogP contribution in [0.5, 0.6) is 0 Å². The van der Waals surface area contributed by atoms with Crippen molar-refractivity contribution in [3.8, 4) is 0 Å². The molecule has 202 valence electrons. The molecule has 0 spiro atoms.